The van der Waals surface area contributed by atoms with E-state index in [4.69, 9.17) is 5.11 Å². The molecule has 1 fully saturated rings. The highest BCUT2D eigenvalue weighted by atomic mass is 16.3. The third-order valence-electron chi connectivity index (χ3n) is 4.46. The van der Waals surface area contributed by atoms with Crippen LogP contribution < -0.4 is 10.2 Å². The maximum Gasteiger partial charge on any atom is 0.0445 e. The second-order valence-corrected chi connectivity index (χ2v) is 6.29. The highest BCUT2D eigenvalue weighted by molar-refractivity contribution is 5.48. The van der Waals surface area contributed by atoms with Crippen molar-refractivity contribution in [1.29, 1.82) is 0 Å². The average molecular weight is 290 g/mol. The summed E-state index contributed by atoms with van der Waals surface area (Å²) in [6.07, 6.45) is 6.18. The first-order valence-corrected chi connectivity index (χ1v) is 8.42. The molecule has 0 radical (unpaired) electrons. The molecule has 1 aliphatic heterocycles. The van der Waals surface area contributed by atoms with E-state index in [2.05, 4.69) is 48.3 Å². The van der Waals surface area contributed by atoms with E-state index >= 15 is 0 Å². The number of anilines is 1. The van der Waals surface area contributed by atoms with Crippen LogP contribution in [0.1, 0.15) is 57.6 Å². The average Bonchev–Trinajstić information content (AvgIpc) is 2.76. The fourth-order valence-electron chi connectivity index (χ4n) is 3.10. The molecule has 0 aromatic heterocycles. The van der Waals surface area contributed by atoms with Crippen LogP contribution in [-0.4, -0.2) is 30.8 Å². The van der Waals surface area contributed by atoms with Crippen LogP contribution in [0, 0.1) is 0 Å². The lowest BCUT2D eigenvalue weighted by Gasteiger charge is -2.24. The van der Waals surface area contributed by atoms with Crippen molar-refractivity contribution in [1.82, 2.24) is 5.32 Å². The predicted molar refractivity (Wildman–Crippen MR) is 89.8 cm³/mol. The van der Waals surface area contributed by atoms with E-state index in [0.717, 1.165) is 6.42 Å². The Kier molecular flexibility index (Phi) is 6.52. The Morgan fingerprint density at radius 1 is 1.05 bits per heavy atom. The van der Waals surface area contributed by atoms with Crippen molar-refractivity contribution in [2.24, 2.45) is 0 Å². The van der Waals surface area contributed by atoms with Crippen molar-refractivity contribution in [2.75, 3.05) is 24.6 Å². The van der Waals surface area contributed by atoms with Crippen molar-refractivity contribution in [2.45, 2.75) is 58.0 Å². The zero-order chi connectivity index (χ0) is 15.1. The minimum Gasteiger partial charge on any atom is -0.396 e. The molecule has 1 aliphatic rings. The summed E-state index contributed by atoms with van der Waals surface area (Å²) in [4.78, 5) is 2.52. The molecule has 1 aromatic rings. The van der Waals surface area contributed by atoms with Gasteiger partial charge in [0.1, 0.15) is 0 Å². The second kappa shape index (κ2) is 8.40. The number of aliphatic hydroxyl groups excluding tert-OH is 1. The minimum atomic E-state index is 0.245. The van der Waals surface area contributed by atoms with Crippen molar-refractivity contribution in [3.05, 3.63) is 29.8 Å². The van der Waals surface area contributed by atoms with Gasteiger partial charge < -0.3 is 15.3 Å². The standard InChI is InChI=1S/C18H30N2O/c1-15(11-14-21)19-16(2)17-7-9-18(10-8-17)20-12-5-3-4-6-13-20/h7-10,15-16,19,21H,3-6,11-14H2,1-2H3/t15-,16?/m1/s1. The van der Waals surface area contributed by atoms with Gasteiger partial charge in [-0.15, -0.1) is 0 Å². The Morgan fingerprint density at radius 3 is 2.24 bits per heavy atom. The number of nitrogens with one attached hydrogen (secondary N) is 1. The van der Waals surface area contributed by atoms with Crippen LogP contribution in [0.3, 0.4) is 0 Å². The summed E-state index contributed by atoms with van der Waals surface area (Å²) >= 11 is 0. The third kappa shape index (κ3) is 5.01. The Labute approximate surface area is 129 Å². The fraction of sp³-hybridized carbons (Fsp3) is 0.667. The molecule has 1 saturated heterocycles. The van der Waals surface area contributed by atoms with Gasteiger partial charge in [0, 0.05) is 37.5 Å². The highest BCUT2D eigenvalue weighted by Gasteiger charge is 2.12. The zero-order valence-corrected chi connectivity index (χ0v) is 13.5. The number of rotatable bonds is 6. The molecule has 3 nitrogen and oxygen atoms in total. The van der Waals surface area contributed by atoms with Gasteiger partial charge >= 0.3 is 0 Å². The smallest absolute Gasteiger partial charge is 0.0445 e. The summed E-state index contributed by atoms with van der Waals surface area (Å²) in [5, 5.41) is 12.5. The number of nitrogens with zero attached hydrogens (tertiary/aromatic N) is 1. The predicted octanol–water partition coefficient (Wildman–Crippen LogP) is 3.49. The number of aliphatic hydroxyl groups is 1. The number of hydrogen-bond acceptors (Lipinski definition) is 3. The van der Waals surface area contributed by atoms with E-state index in [1.54, 1.807) is 0 Å². The molecule has 1 aromatic carbocycles. The lowest BCUT2D eigenvalue weighted by Crippen LogP contribution is -2.29. The van der Waals surface area contributed by atoms with Crippen LogP contribution in [0.2, 0.25) is 0 Å². The molecular weight excluding hydrogens is 260 g/mol. The lowest BCUT2D eigenvalue weighted by molar-refractivity contribution is 0.264. The summed E-state index contributed by atoms with van der Waals surface area (Å²) in [5.74, 6) is 0. The van der Waals surface area contributed by atoms with Crippen LogP contribution >= 0.6 is 0 Å². The van der Waals surface area contributed by atoms with Crippen LogP contribution in [0.4, 0.5) is 5.69 Å². The minimum absolute atomic E-state index is 0.245. The van der Waals surface area contributed by atoms with Crippen LogP contribution in [-0.2, 0) is 0 Å². The summed E-state index contributed by atoms with van der Waals surface area (Å²) in [5.41, 5.74) is 2.68. The van der Waals surface area contributed by atoms with Crippen molar-refractivity contribution in [3.63, 3.8) is 0 Å². The van der Waals surface area contributed by atoms with Crippen LogP contribution in [0.15, 0.2) is 24.3 Å². The van der Waals surface area contributed by atoms with Gasteiger partial charge in [-0.3, -0.25) is 0 Å². The number of hydrogen-bond donors (Lipinski definition) is 2. The van der Waals surface area contributed by atoms with E-state index in [9.17, 15) is 0 Å². The maximum absolute atomic E-state index is 8.98. The Morgan fingerprint density at radius 2 is 1.67 bits per heavy atom. The van der Waals surface area contributed by atoms with E-state index in [1.165, 1.54) is 50.0 Å². The van der Waals surface area contributed by atoms with E-state index in [-0.39, 0.29) is 6.61 Å². The van der Waals surface area contributed by atoms with Gasteiger partial charge in [-0.2, -0.15) is 0 Å². The lowest BCUT2D eigenvalue weighted by atomic mass is 10.1. The monoisotopic (exact) mass is 290 g/mol. The van der Waals surface area contributed by atoms with Gasteiger partial charge in [0.25, 0.3) is 0 Å². The summed E-state index contributed by atoms with van der Waals surface area (Å²) in [7, 11) is 0. The molecule has 0 bridgehead atoms. The molecule has 118 valence electrons. The van der Waals surface area contributed by atoms with Gasteiger partial charge in [-0.25, -0.2) is 0 Å². The van der Waals surface area contributed by atoms with Crippen LogP contribution in [0.25, 0.3) is 0 Å². The third-order valence-corrected chi connectivity index (χ3v) is 4.46. The molecule has 1 unspecified atom stereocenters. The van der Waals surface area contributed by atoms with Gasteiger partial charge in [0.2, 0.25) is 0 Å². The van der Waals surface area contributed by atoms with Crippen LogP contribution in [0.5, 0.6) is 0 Å². The molecule has 0 spiro atoms. The van der Waals surface area contributed by atoms with Crippen molar-refractivity contribution >= 4 is 5.69 Å². The maximum atomic E-state index is 8.98. The Balaban J connectivity index is 1.94. The van der Waals surface area contributed by atoms with Gasteiger partial charge in [0.15, 0.2) is 0 Å². The van der Waals surface area contributed by atoms with Gasteiger partial charge in [-0.05, 0) is 50.8 Å². The molecule has 3 heteroatoms. The summed E-state index contributed by atoms with van der Waals surface area (Å²) in [6.45, 7) is 6.95. The molecule has 0 saturated carbocycles. The normalized spacial score (nSPS) is 19.1. The molecule has 2 rings (SSSR count). The highest BCUT2D eigenvalue weighted by Crippen LogP contribution is 2.22. The summed E-state index contributed by atoms with van der Waals surface area (Å²) in [6, 6.07) is 9.66. The molecule has 0 amide bonds. The molecular formula is C18H30N2O. The first-order valence-electron chi connectivity index (χ1n) is 8.42. The van der Waals surface area contributed by atoms with Crippen molar-refractivity contribution in [3.8, 4) is 0 Å². The first-order chi connectivity index (χ1) is 10.2. The molecule has 1 heterocycles. The van der Waals surface area contributed by atoms with E-state index < -0.39 is 0 Å². The van der Waals surface area contributed by atoms with Gasteiger partial charge in [-0.1, -0.05) is 25.0 Å². The molecule has 2 atom stereocenters. The molecule has 2 N–H and O–H groups in total. The topological polar surface area (TPSA) is 35.5 Å². The largest absolute Gasteiger partial charge is 0.396 e. The summed E-state index contributed by atoms with van der Waals surface area (Å²) < 4.78 is 0. The Bertz CT molecular complexity index is 396. The number of benzene rings is 1. The molecule has 0 aliphatic carbocycles. The zero-order valence-electron chi connectivity index (χ0n) is 13.5. The quantitative estimate of drug-likeness (QED) is 0.842. The first kappa shape index (κ1) is 16.3. The van der Waals surface area contributed by atoms with Crippen molar-refractivity contribution < 1.29 is 5.11 Å². The Hall–Kier alpha value is -1.06. The van der Waals surface area contributed by atoms with E-state index in [1.807, 2.05) is 0 Å². The molecule has 21 heavy (non-hydrogen) atoms. The second-order valence-electron chi connectivity index (χ2n) is 6.29. The SMILES string of the molecule is CC(N[C@H](C)CCO)c1ccc(N2CCCCCC2)cc1. The fourth-order valence-corrected chi connectivity index (χ4v) is 3.10. The van der Waals surface area contributed by atoms with Gasteiger partial charge in [0.05, 0.1) is 0 Å². The van der Waals surface area contributed by atoms with E-state index in [0.29, 0.717) is 12.1 Å².